The minimum absolute atomic E-state index is 0.00948. The Kier molecular flexibility index (Phi) is 8.18. The molecule has 0 aliphatic rings. The lowest BCUT2D eigenvalue weighted by Gasteiger charge is -2.09. The molecule has 3 rings (SSSR count). The molecule has 2 N–H and O–H groups in total. The fraction of sp³-hybridized carbons (Fsp3) is 0.227. The van der Waals surface area contributed by atoms with Gasteiger partial charge in [0.2, 0.25) is 5.91 Å². The number of ether oxygens (including phenoxy) is 1. The lowest BCUT2D eigenvalue weighted by Crippen LogP contribution is -2.22. The van der Waals surface area contributed by atoms with Gasteiger partial charge in [-0.3, -0.25) is 9.35 Å². The molecule has 0 heterocycles. The van der Waals surface area contributed by atoms with E-state index in [1.807, 2.05) is 19.1 Å². The third-order valence-electron chi connectivity index (χ3n) is 4.06. The Bertz CT molecular complexity index is 1050. The van der Waals surface area contributed by atoms with Crippen molar-refractivity contribution in [3.05, 3.63) is 72.3 Å². The number of nitrogens with one attached hydrogen (secondary N) is 1. The van der Waals surface area contributed by atoms with Gasteiger partial charge in [-0.2, -0.15) is 8.42 Å². The summed E-state index contributed by atoms with van der Waals surface area (Å²) in [6, 6.07) is 19.8. The SMILES string of the molecule is CCOc1ccc2cccc(CCNC(C)=O)c2c1.O=S(=O)(O)c1ccccc1. The molecule has 0 atom stereocenters. The van der Waals surface area contributed by atoms with Crippen LogP contribution in [0.4, 0.5) is 0 Å². The number of hydrogen-bond acceptors (Lipinski definition) is 4. The van der Waals surface area contributed by atoms with Crippen LogP contribution in [-0.2, 0) is 21.3 Å². The molecule has 0 bridgehead atoms. The molecule has 29 heavy (non-hydrogen) atoms. The van der Waals surface area contributed by atoms with Gasteiger partial charge in [0.25, 0.3) is 10.1 Å². The molecule has 0 aliphatic heterocycles. The first-order valence-corrected chi connectivity index (χ1v) is 10.7. The minimum atomic E-state index is -4.00. The first kappa shape index (κ1) is 22.4. The van der Waals surface area contributed by atoms with E-state index in [9.17, 15) is 13.2 Å². The normalized spacial score (nSPS) is 10.7. The zero-order valence-corrected chi connectivity index (χ0v) is 17.3. The second-order valence-corrected chi connectivity index (χ2v) is 7.68. The Morgan fingerprint density at radius 3 is 2.34 bits per heavy atom. The van der Waals surface area contributed by atoms with E-state index in [2.05, 4.69) is 29.6 Å². The molecule has 0 spiro atoms. The molecule has 0 aromatic heterocycles. The highest BCUT2D eigenvalue weighted by atomic mass is 32.2. The molecule has 0 radical (unpaired) electrons. The second kappa shape index (κ2) is 10.6. The van der Waals surface area contributed by atoms with Crippen molar-refractivity contribution in [2.24, 2.45) is 0 Å². The Morgan fingerprint density at radius 1 is 1.03 bits per heavy atom. The Balaban J connectivity index is 0.000000253. The molecule has 0 fully saturated rings. The maximum absolute atomic E-state index is 10.9. The van der Waals surface area contributed by atoms with E-state index in [1.54, 1.807) is 18.2 Å². The fourth-order valence-electron chi connectivity index (χ4n) is 2.76. The third kappa shape index (κ3) is 7.21. The van der Waals surface area contributed by atoms with Gasteiger partial charge in [0.15, 0.2) is 0 Å². The highest BCUT2D eigenvalue weighted by Gasteiger charge is 2.06. The van der Waals surface area contributed by atoms with E-state index < -0.39 is 10.1 Å². The molecule has 6 nitrogen and oxygen atoms in total. The number of fused-ring (bicyclic) bond motifs is 1. The van der Waals surface area contributed by atoms with Gasteiger partial charge in [0, 0.05) is 13.5 Å². The zero-order chi connectivity index (χ0) is 21.3. The largest absolute Gasteiger partial charge is 0.494 e. The van der Waals surface area contributed by atoms with Crippen LogP contribution in [-0.4, -0.2) is 32.0 Å². The summed E-state index contributed by atoms with van der Waals surface area (Å²) in [5.74, 6) is 0.900. The summed E-state index contributed by atoms with van der Waals surface area (Å²) < 4.78 is 34.8. The predicted molar refractivity (Wildman–Crippen MR) is 114 cm³/mol. The lowest BCUT2D eigenvalue weighted by molar-refractivity contribution is -0.118. The van der Waals surface area contributed by atoms with Crippen LogP contribution >= 0.6 is 0 Å². The van der Waals surface area contributed by atoms with Crippen molar-refractivity contribution in [1.29, 1.82) is 0 Å². The molecule has 3 aromatic carbocycles. The van der Waals surface area contributed by atoms with Crippen molar-refractivity contribution in [1.82, 2.24) is 5.32 Å². The molecule has 0 unspecified atom stereocenters. The molecule has 154 valence electrons. The van der Waals surface area contributed by atoms with E-state index in [1.165, 1.54) is 35.4 Å². The van der Waals surface area contributed by atoms with Crippen LogP contribution < -0.4 is 10.1 Å². The van der Waals surface area contributed by atoms with E-state index in [0.29, 0.717) is 13.2 Å². The van der Waals surface area contributed by atoms with Gasteiger partial charge in [0.1, 0.15) is 5.75 Å². The van der Waals surface area contributed by atoms with Crippen LogP contribution in [0.25, 0.3) is 10.8 Å². The number of carbonyl (C=O) groups is 1. The fourth-order valence-corrected chi connectivity index (χ4v) is 3.26. The Morgan fingerprint density at radius 2 is 1.76 bits per heavy atom. The molecule has 1 amide bonds. The monoisotopic (exact) mass is 415 g/mol. The van der Waals surface area contributed by atoms with E-state index in [4.69, 9.17) is 9.29 Å². The topological polar surface area (TPSA) is 92.7 Å². The van der Waals surface area contributed by atoms with Crippen LogP contribution in [0.1, 0.15) is 19.4 Å². The summed E-state index contributed by atoms with van der Waals surface area (Å²) in [5.41, 5.74) is 1.23. The van der Waals surface area contributed by atoms with Gasteiger partial charge in [0.05, 0.1) is 11.5 Å². The van der Waals surface area contributed by atoms with Crippen LogP contribution in [0.3, 0.4) is 0 Å². The smallest absolute Gasteiger partial charge is 0.294 e. The predicted octanol–water partition coefficient (Wildman–Crippen LogP) is 3.85. The number of carbonyl (C=O) groups excluding carboxylic acids is 1. The summed E-state index contributed by atoms with van der Waals surface area (Å²) in [6.07, 6.45) is 0.826. The van der Waals surface area contributed by atoms with Gasteiger partial charge >= 0.3 is 0 Å². The zero-order valence-electron chi connectivity index (χ0n) is 16.5. The molecule has 3 aromatic rings. The number of amides is 1. The average Bonchev–Trinajstić information content (AvgIpc) is 2.69. The van der Waals surface area contributed by atoms with Gasteiger partial charge < -0.3 is 10.1 Å². The minimum Gasteiger partial charge on any atom is -0.494 e. The summed E-state index contributed by atoms with van der Waals surface area (Å²) in [5, 5.41) is 5.22. The summed E-state index contributed by atoms with van der Waals surface area (Å²) in [6.45, 7) is 4.84. The summed E-state index contributed by atoms with van der Waals surface area (Å²) in [7, 11) is -4.00. The highest BCUT2D eigenvalue weighted by molar-refractivity contribution is 7.85. The van der Waals surface area contributed by atoms with Gasteiger partial charge in [-0.25, -0.2) is 0 Å². The number of benzene rings is 3. The molecule has 0 saturated heterocycles. The standard InChI is InChI=1S/C16H19NO2.C6H6O3S/c1-3-19-15-8-7-13-5-4-6-14(16(13)11-15)9-10-17-12(2)18;7-10(8,9)6-4-2-1-3-5-6/h4-8,11H,3,9-10H2,1-2H3,(H,17,18);1-5H,(H,7,8,9). The highest BCUT2D eigenvalue weighted by Crippen LogP contribution is 2.24. The Labute approximate surface area is 171 Å². The lowest BCUT2D eigenvalue weighted by atomic mass is 10.0. The van der Waals surface area contributed by atoms with Gasteiger partial charge in [-0.15, -0.1) is 0 Å². The van der Waals surface area contributed by atoms with Crippen LogP contribution in [0.2, 0.25) is 0 Å². The van der Waals surface area contributed by atoms with Crippen molar-refractivity contribution >= 4 is 26.8 Å². The molecule has 0 saturated carbocycles. The first-order chi connectivity index (χ1) is 13.8. The average molecular weight is 416 g/mol. The quantitative estimate of drug-likeness (QED) is 0.597. The number of hydrogen-bond donors (Lipinski definition) is 2. The Hall–Kier alpha value is -2.90. The molecule has 0 aliphatic carbocycles. The van der Waals surface area contributed by atoms with Crippen LogP contribution in [0, 0.1) is 0 Å². The third-order valence-corrected chi connectivity index (χ3v) is 4.93. The first-order valence-electron chi connectivity index (χ1n) is 9.22. The molecular weight excluding hydrogens is 390 g/mol. The van der Waals surface area contributed by atoms with Crippen molar-refractivity contribution in [2.45, 2.75) is 25.2 Å². The van der Waals surface area contributed by atoms with Crippen LogP contribution in [0.5, 0.6) is 5.75 Å². The maximum atomic E-state index is 10.9. The molecule has 7 heteroatoms. The van der Waals surface area contributed by atoms with Gasteiger partial charge in [-0.1, -0.05) is 42.5 Å². The summed E-state index contributed by atoms with van der Waals surface area (Å²) in [4.78, 5) is 10.8. The number of rotatable bonds is 6. The van der Waals surface area contributed by atoms with E-state index in [0.717, 1.165) is 12.2 Å². The van der Waals surface area contributed by atoms with Crippen LogP contribution in [0.15, 0.2) is 71.6 Å². The van der Waals surface area contributed by atoms with Crippen molar-refractivity contribution in [3.8, 4) is 5.75 Å². The van der Waals surface area contributed by atoms with E-state index >= 15 is 0 Å². The second-order valence-electron chi connectivity index (χ2n) is 6.25. The summed E-state index contributed by atoms with van der Waals surface area (Å²) >= 11 is 0. The van der Waals surface area contributed by atoms with Crippen molar-refractivity contribution in [2.75, 3.05) is 13.2 Å². The molecular formula is C22H25NO5S. The van der Waals surface area contributed by atoms with Crippen molar-refractivity contribution < 1.29 is 22.5 Å². The van der Waals surface area contributed by atoms with Crippen molar-refractivity contribution in [3.63, 3.8) is 0 Å². The maximum Gasteiger partial charge on any atom is 0.294 e. The van der Waals surface area contributed by atoms with Gasteiger partial charge in [-0.05, 0) is 53.9 Å². The van der Waals surface area contributed by atoms with E-state index in [-0.39, 0.29) is 10.8 Å².